The zero-order chi connectivity index (χ0) is 19.2. The number of hydrogen-bond acceptors (Lipinski definition) is 6. The lowest BCUT2D eigenvalue weighted by molar-refractivity contribution is -0.116. The van der Waals surface area contributed by atoms with E-state index >= 15 is 0 Å². The topological polar surface area (TPSA) is 98.7 Å². The average Bonchev–Trinajstić information content (AvgIpc) is 3.41. The molecule has 1 aromatic carbocycles. The number of amides is 1. The van der Waals surface area contributed by atoms with E-state index in [0.717, 1.165) is 11.3 Å². The molecule has 0 spiro atoms. The van der Waals surface area contributed by atoms with Gasteiger partial charge in [-0.1, -0.05) is 30.3 Å². The number of oxazole rings is 1. The summed E-state index contributed by atoms with van der Waals surface area (Å²) in [7, 11) is 0. The summed E-state index contributed by atoms with van der Waals surface area (Å²) in [5.41, 5.74) is 1.57. The number of hydrogen-bond donors (Lipinski definition) is 1. The van der Waals surface area contributed by atoms with Crippen LogP contribution in [0, 0.1) is 0 Å². The van der Waals surface area contributed by atoms with Gasteiger partial charge in [0.25, 0.3) is 0 Å². The summed E-state index contributed by atoms with van der Waals surface area (Å²) in [4.78, 5) is 24.8. The number of pyridine rings is 1. The number of nitrogens with zero attached hydrogens (tertiary/aromatic N) is 5. The van der Waals surface area contributed by atoms with E-state index in [9.17, 15) is 4.79 Å². The van der Waals surface area contributed by atoms with E-state index in [1.54, 1.807) is 24.5 Å². The Labute approximate surface area is 161 Å². The van der Waals surface area contributed by atoms with Crippen LogP contribution in [0.1, 0.15) is 18.7 Å². The van der Waals surface area contributed by atoms with Crippen LogP contribution in [0.5, 0.6) is 0 Å². The van der Waals surface area contributed by atoms with Crippen molar-refractivity contribution in [3.05, 3.63) is 73.4 Å². The Morgan fingerprint density at radius 2 is 2.00 bits per heavy atom. The van der Waals surface area contributed by atoms with Gasteiger partial charge in [0.2, 0.25) is 5.91 Å². The quantitative estimate of drug-likeness (QED) is 0.533. The highest BCUT2D eigenvalue weighted by Crippen LogP contribution is 2.21. The maximum absolute atomic E-state index is 12.3. The van der Waals surface area contributed by atoms with Gasteiger partial charge < -0.3 is 9.73 Å². The molecule has 0 fully saturated rings. The summed E-state index contributed by atoms with van der Waals surface area (Å²) < 4.78 is 7.27. The van der Waals surface area contributed by atoms with Gasteiger partial charge in [-0.05, 0) is 18.6 Å². The normalized spacial score (nSPS) is 10.7. The van der Waals surface area contributed by atoms with Crippen molar-refractivity contribution in [3.63, 3.8) is 0 Å². The predicted molar refractivity (Wildman–Crippen MR) is 103 cm³/mol. The number of carbonyl (C=O) groups excluding carboxylic acids is 1. The van der Waals surface area contributed by atoms with Crippen molar-refractivity contribution in [2.24, 2.45) is 0 Å². The van der Waals surface area contributed by atoms with Crippen LogP contribution in [0.3, 0.4) is 0 Å². The second-order valence-electron chi connectivity index (χ2n) is 6.10. The van der Waals surface area contributed by atoms with Crippen LogP contribution < -0.4 is 5.32 Å². The number of carbonyl (C=O) groups is 1. The largest absolute Gasteiger partial charge is 0.441 e. The summed E-state index contributed by atoms with van der Waals surface area (Å²) in [6, 6.07) is 13.3. The maximum atomic E-state index is 12.3. The van der Waals surface area contributed by atoms with E-state index < -0.39 is 0 Å². The number of rotatable bonds is 7. The van der Waals surface area contributed by atoms with E-state index in [1.165, 1.54) is 17.3 Å². The zero-order valence-electron chi connectivity index (χ0n) is 15.0. The molecule has 0 unspecified atom stereocenters. The highest BCUT2D eigenvalue weighted by molar-refractivity contribution is 5.92. The van der Waals surface area contributed by atoms with Crippen LogP contribution in [-0.4, -0.2) is 30.6 Å². The number of nitrogens with one attached hydrogen (secondary N) is 1. The molecule has 0 bridgehead atoms. The van der Waals surface area contributed by atoms with Gasteiger partial charge in [0, 0.05) is 24.6 Å². The fourth-order valence-corrected chi connectivity index (χ4v) is 2.77. The third-order valence-corrected chi connectivity index (χ3v) is 4.10. The van der Waals surface area contributed by atoms with Crippen LogP contribution in [0.25, 0.3) is 17.1 Å². The second-order valence-corrected chi connectivity index (χ2v) is 6.10. The molecule has 0 atom stereocenters. The number of anilines is 1. The molecule has 3 heterocycles. The van der Waals surface area contributed by atoms with Crippen molar-refractivity contribution in [3.8, 4) is 17.1 Å². The SMILES string of the molecule is O=C(CCCc1ncc(-c2ccccc2)o1)Nc1cccnc1-n1cncn1. The molecule has 28 heavy (non-hydrogen) atoms. The fraction of sp³-hybridized carbons (Fsp3) is 0.150. The van der Waals surface area contributed by atoms with Crippen molar-refractivity contribution in [1.82, 2.24) is 24.7 Å². The van der Waals surface area contributed by atoms with Crippen LogP contribution in [0.2, 0.25) is 0 Å². The third-order valence-electron chi connectivity index (χ3n) is 4.10. The molecule has 0 aliphatic carbocycles. The van der Waals surface area contributed by atoms with E-state index in [2.05, 4.69) is 25.4 Å². The van der Waals surface area contributed by atoms with Crippen LogP contribution in [0.15, 0.2) is 71.9 Å². The Kier molecular flexibility index (Phi) is 5.19. The maximum Gasteiger partial charge on any atom is 0.224 e. The molecular weight excluding hydrogens is 356 g/mol. The lowest BCUT2D eigenvalue weighted by atomic mass is 10.2. The Bertz CT molecular complexity index is 1040. The summed E-state index contributed by atoms with van der Waals surface area (Å²) in [5, 5.41) is 6.93. The zero-order valence-corrected chi connectivity index (χ0v) is 15.0. The van der Waals surface area contributed by atoms with E-state index in [-0.39, 0.29) is 5.91 Å². The van der Waals surface area contributed by atoms with Gasteiger partial charge in [0.1, 0.15) is 12.7 Å². The summed E-state index contributed by atoms with van der Waals surface area (Å²) >= 11 is 0. The summed E-state index contributed by atoms with van der Waals surface area (Å²) in [5.74, 6) is 1.77. The predicted octanol–water partition coefficient (Wildman–Crippen LogP) is 3.28. The molecule has 140 valence electrons. The Morgan fingerprint density at radius 1 is 1.11 bits per heavy atom. The molecule has 0 saturated carbocycles. The Morgan fingerprint density at radius 3 is 2.82 bits per heavy atom. The van der Waals surface area contributed by atoms with Crippen LogP contribution in [-0.2, 0) is 11.2 Å². The van der Waals surface area contributed by atoms with Gasteiger partial charge >= 0.3 is 0 Å². The molecule has 0 aliphatic rings. The molecule has 4 rings (SSSR count). The summed E-state index contributed by atoms with van der Waals surface area (Å²) in [6.45, 7) is 0. The molecule has 3 aromatic heterocycles. The van der Waals surface area contributed by atoms with Crippen molar-refractivity contribution in [2.45, 2.75) is 19.3 Å². The van der Waals surface area contributed by atoms with Crippen LogP contribution >= 0.6 is 0 Å². The summed E-state index contributed by atoms with van der Waals surface area (Å²) in [6.07, 6.45) is 7.85. The van der Waals surface area contributed by atoms with E-state index in [1.807, 2.05) is 30.3 Å². The molecular formula is C20H18N6O2. The van der Waals surface area contributed by atoms with E-state index in [0.29, 0.717) is 36.7 Å². The van der Waals surface area contributed by atoms with Crippen LogP contribution in [0.4, 0.5) is 5.69 Å². The monoisotopic (exact) mass is 374 g/mol. The number of aryl methyl sites for hydroxylation is 1. The average molecular weight is 374 g/mol. The fourth-order valence-electron chi connectivity index (χ4n) is 2.77. The van der Waals surface area contributed by atoms with Gasteiger partial charge in [-0.25, -0.2) is 19.6 Å². The molecule has 8 nitrogen and oxygen atoms in total. The van der Waals surface area contributed by atoms with Crippen molar-refractivity contribution in [2.75, 3.05) is 5.32 Å². The molecule has 0 saturated heterocycles. The van der Waals surface area contributed by atoms with Gasteiger partial charge in [0.15, 0.2) is 17.5 Å². The van der Waals surface area contributed by atoms with Gasteiger partial charge in [-0.3, -0.25) is 4.79 Å². The molecule has 1 amide bonds. The Hall–Kier alpha value is -3.81. The number of aromatic nitrogens is 5. The van der Waals surface area contributed by atoms with E-state index in [4.69, 9.17) is 4.42 Å². The lowest BCUT2D eigenvalue weighted by Crippen LogP contribution is -2.14. The first kappa shape index (κ1) is 17.6. The minimum atomic E-state index is -0.107. The first-order valence-electron chi connectivity index (χ1n) is 8.89. The first-order chi connectivity index (χ1) is 13.8. The first-order valence-corrected chi connectivity index (χ1v) is 8.89. The smallest absolute Gasteiger partial charge is 0.224 e. The molecule has 0 radical (unpaired) electrons. The highest BCUT2D eigenvalue weighted by atomic mass is 16.4. The van der Waals surface area contributed by atoms with Crippen molar-refractivity contribution < 1.29 is 9.21 Å². The third kappa shape index (κ3) is 4.12. The lowest BCUT2D eigenvalue weighted by Gasteiger charge is -2.09. The second kappa shape index (κ2) is 8.26. The highest BCUT2D eigenvalue weighted by Gasteiger charge is 2.11. The van der Waals surface area contributed by atoms with Crippen molar-refractivity contribution in [1.29, 1.82) is 0 Å². The van der Waals surface area contributed by atoms with Gasteiger partial charge in [-0.2, -0.15) is 5.10 Å². The number of benzene rings is 1. The standard InChI is InChI=1S/C20H18N6O2/c27-18(25-16-8-5-11-22-20(16)26-14-21-13-24-26)9-4-10-19-23-12-17(28-19)15-6-2-1-3-7-15/h1-3,5-8,11-14H,4,9-10H2,(H,25,27). The molecule has 0 aliphatic heterocycles. The Balaban J connectivity index is 1.32. The minimum absolute atomic E-state index is 0.107. The molecule has 4 aromatic rings. The molecule has 8 heteroatoms. The van der Waals surface area contributed by atoms with Crippen molar-refractivity contribution >= 4 is 11.6 Å². The minimum Gasteiger partial charge on any atom is -0.441 e. The molecule has 1 N–H and O–H groups in total. The van der Waals surface area contributed by atoms with Gasteiger partial charge in [-0.15, -0.1) is 0 Å². The van der Waals surface area contributed by atoms with Gasteiger partial charge in [0.05, 0.1) is 11.9 Å².